The van der Waals surface area contributed by atoms with Gasteiger partial charge in [-0.15, -0.1) is 0 Å². The van der Waals surface area contributed by atoms with Crippen LogP contribution in [0.5, 0.6) is 0 Å². The van der Waals surface area contributed by atoms with E-state index in [0.29, 0.717) is 26.4 Å². The summed E-state index contributed by atoms with van der Waals surface area (Å²) in [6.45, 7) is 2.25. The molecule has 0 saturated heterocycles. The maximum Gasteiger partial charge on any atom is 0.353 e. The van der Waals surface area contributed by atoms with Gasteiger partial charge in [-0.05, 0) is 12.8 Å². The summed E-state index contributed by atoms with van der Waals surface area (Å²) < 4.78 is 10.1. The highest BCUT2D eigenvalue weighted by molar-refractivity contribution is 6.36. The molecular formula is C12H20N2O6. The van der Waals surface area contributed by atoms with Gasteiger partial charge >= 0.3 is 5.97 Å². The normalized spacial score (nSPS) is 17.4. The Kier molecular flexibility index (Phi) is 7.59. The highest BCUT2D eigenvalue weighted by Gasteiger charge is 2.31. The summed E-state index contributed by atoms with van der Waals surface area (Å²) in [6.07, 6.45) is 0.769. The molecule has 0 spiro atoms. The zero-order valence-electron chi connectivity index (χ0n) is 11.5. The second kappa shape index (κ2) is 9.27. The molecule has 8 heteroatoms. The molecule has 20 heavy (non-hydrogen) atoms. The summed E-state index contributed by atoms with van der Waals surface area (Å²) in [6, 6.07) is 0. The Morgan fingerprint density at radius 2 is 2.20 bits per heavy atom. The lowest BCUT2D eigenvalue weighted by Gasteiger charge is -2.09. The number of oxime groups is 1. The number of amides is 1. The molecule has 0 radical (unpaired) electrons. The number of hydrogen-bond acceptors (Lipinski definition) is 6. The molecular weight excluding hydrogens is 268 g/mol. The first kappa shape index (κ1) is 16.4. The van der Waals surface area contributed by atoms with Gasteiger partial charge in [-0.3, -0.25) is 4.79 Å². The van der Waals surface area contributed by atoms with Crippen LogP contribution >= 0.6 is 0 Å². The number of aliphatic carboxylic acids is 1. The minimum absolute atomic E-state index is 0.00129. The van der Waals surface area contributed by atoms with Crippen molar-refractivity contribution in [3.8, 4) is 0 Å². The molecule has 0 fully saturated rings. The van der Waals surface area contributed by atoms with Crippen molar-refractivity contribution in [1.29, 1.82) is 0 Å². The summed E-state index contributed by atoms with van der Waals surface area (Å²) in [7, 11) is 1.61. The SMILES string of the molecule is COCCOCCCCNC(=O)C1CC(C(=O)O)=NO1. The fraction of sp³-hybridized carbons (Fsp3) is 0.750. The molecule has 1 aliphatic rings. The molecule has 1 aliphatic heterocycles. The zero-order valence-corrected chi connectivity index (χ0v) is 11.5. The summed E-state index contributed by atoms with van der Waals surface area (Å²) in [5.74, 6) is -1.50. The van der Waals surface area contributed by atoms with Gasteiger partial charge < -0.3 is 24.7 Å². The molecule has 1 atom stereocenters. The first-order valence-corrected chi connectivity index (χ1v) is 6.45. The van der Waals surface area contributed by atoms with Crippen LogP contribution in [0, 0.1) is 0 Å². The highest BCUT2D eigenvalue weighted by Crippen LogP contribution is 2.10. The number of carbonyl (C=O) groups is 2. The van der Waals surface area contributed by atoms with Crippen molar-refractivity contribution in [3.63, 3.8) is 0 Å². The number of unbranched alkanes of at least 4 members (excludes halogenated alkanes) is 1. The average molecular weight is 288 g/mol. The predicted molar refractivity (Wildman–Crippen MR) is 69.5 cm³/mol. The molecule has 2 N–H and O–H groups in total. The van der Waals surface area contributed by atoms with Crippen LogP contribution in [-0.2, 0) is 23.9 Å². The maximum atomic E-state index is 11.6. The van der Waals surface area contributed by atoms with Crippen molar-refractivity contribution in [2.75, 3.05) is 33.5 Å². The van der Waals surface area contributed by atoms with E-state index in [0.717, 1.165) is 12.8 Å². The summed E-state index contributed by atoms with van der Waals surface area (Å²) in [5, 5.41) is 14.7. The standard InChI is InChI=1S/C12H20N2O6/c1-18-6-7-19-5-3-2-4-13-11(15)10-8-9(12(16)17)14-20-10/h10H,2-8H2,1H3,(H,13,15)(H,16,17). The molecule has 1 unspecified atom stereocenters. The largest absolute Gasteiger partial charge is 0.477 e. The van der Waals surface area contributed by atoms with E-state index in [9.17, 15) is 9.59 Å². The molecule has 0 aromatic heterocycles. The molecule has 0 aliphatic carbocycles. The van der Waals surface area contributed by atoms with Gasteiger partial charge in [0, 0.05) is 26.7 Å². The third kappa shape index (κ3) is 5.98. The number of hydrogen-bond donors (Lipinski definition) is 2. The minimum atomic E-state index is -1.16. The van der Waals surface area contributed by atoms with E-state index >= 15 is 0 Å². The Balaban J connectivity index is 2.00. The van der Waals surface area contributed by atoms with E-state index in [1.54, 1.807) is 7.11 Å². The summed E-state index contributed by atoms with van der Waals surface area (Å²) in [5.41, 5.74) is -0.128. The van der Waals surface area contributed by atoms with Gasteiger partial charge in [0.2, 0.25) is 6.10 Å². The molecule has 114 valence electrons. The predicted octanol–water partition coefficient (Wildman–Crippen LogP) is -0.225. The van der Waals surface area contributed by atoms with E-state index in [1.165, 1.54) is 0 Å². The number of carbonyl (C=O) groups excluding carboxylic acids is 1. The monoisotopic (exact) mass is 288 g/mol. The lowest BCUT2D eigenvalue weighted by Crippen LogP contribution is -2.35. The average Bonchev–Trinajstić information content (AvgIpc) is 2.91. The Morgan fingerprint density at radius 3 is 2.85 bits per heavy atom. The van der Waals surface area contributed by atoms with Crippen molar-refractivity contribution >= 4 is 17.6 Å². The fourth-order valence-electron chi connectivity index (χ4n) is 1.54. The van der Waals surface area contributed by atoms with E-state index in [4.69, 9.17) is 19.4 Å². The van der Waals surface area contributed by atoms with Crippen molar-refractivity contribution < 1.29 is 29.0 Å². The lowest BCUT2D eigenvalue weighted by molar-refractivity contribution is -0.131. The quantitative estimate of drug-likeness (QED) is 0.538. The number of carboxylic acid groups (broad SMARTS) is 1. The minimum Gasteiger partial charge on any atom is -0.477 e. The molecule has 8 nitrogen and oxygen atoms in total. The van der Waals surface area contributed by atoms with Crippen LogP contribution in [-0.4, -0.2) is 62.3 Å². The second-order valence-corrected chi connectivity index (χ2v) is 4.24. The number of nitrogens with one attached hydrogen (secondary N) is 1. The molecule has 1 amide bonds. The van der Waals surface area contributed by atoms with Gasteiger partial charge in [0.1, 0.15) is 0 Å². The van der Waals surface area contributed by atoms with Gasteiger partial charge in [-0.2, -0.15) is 0 Å². The number of rotatable bonds is 10. The Bertz CT molecular complexity index is 358. The van der Waals surface area contributed by atoms with Crippen LogP contribution in [0.25, 0.3) is 0 Å². The molecule has 0 aromatic carbocycles. The maximum absolute atomic E-state index is 11.6. The number of methoxy groups -OCH3 is 1. The first-order chi connectivity index (χ1) is 9.65. The van der Waals surface area contributed by atoms with Gasteiger partial charge in [0.05, 0.1) is 13.2 Å². The van der Waals surface area contributed by atoms with Crippen molar-refractivity contribution in [2.45, 2.75) is 25.4 Å². The van der Waals surface area contributed by atoms with Crippen LogP contribution in [0.4, 0.5) is 0 Å². The first-order valence-electron chi connectivity index (χ1n) is 6.45. The summed E-state index contributed by atoms with van der Waals surface area (Å²) in [4.78, 5) is 27.0. The molecule has 1 heterocycles. The van der Waals surface area contributed by atoms with Gasteiger partial charge in [-0.1, -0.05) is 5.16 Å². The fourth-order valence-corrected chi connectivity index (χ4v) is 1.54. The smallest absolute Gasteiger partial charge is 0.353 e. The third-order valence-corrected chi connectivity index (χ3v) is 2.65. The number of ether oxygens (including phenoxy) is 2. The zero-order chi connectivity index (χ0) is 14.8. The van der Waals surface area contributed by atoms with Crippen LogP contribution in [0.1, 0.15) is 19.3 Å². The number of carboxylic acids is 1. The van der Waals surface area contributed by atoms with Gasteiger partial charge in [-0.25, -0.2) is 4.79 Å². The van der Waals surface area contributed by atoms with E-state index in [-0.39, 0.29) is 18.0 Å². The van der Waals surface area contributed by atoms with Crippen molar-refractivity contribution in [2.24, 2.45) is 5.16 Å². The third-order valence-electron chi connectivity index (χ3n) is 2.65. The van der Waals surface area contributed by atoms with Crippen LogP contribution in [0.3, 0.4) is 0 Å². The van der Waals surface area contributed by atoms with Gasteiger partial charge in [0.15, 0.2) is 5.71 Å². The molecule has 1 rings (SSSR count). The van der Waals surface area contributed by atoms with Crippen LogP contribution < -0.4 is 5.32 Å². The van der Waals surface area contributed by atoms with Crippen LogP contribution in [0.2, 0.25) is 0 Å². The van der Waals surface area contributed by atoms with Crippen molar-refractivity contribution in [1.82, 2.24) is 5.32 Å². The van der Waals surface area contributed by atoms with Crippen LogP contribution in [0.15, 0.2) is 5.16 Å². The topological polar surface area (TPSA) is 106 Å². The van der Waals surface area contributed by atoms with Gasteiger partial charge in [0.25, 0.3) is 5.91 Å². The highest BCUT2D eigenvalue weighted by atomic mass is 16.6. The molecule has 0 bridgehead atoms. The number of nitrogens with zero attached hydrogens (tertiary/aromatic N) is 1. The Hall–Kier alpha value is -1.67. The van der Waals surface area contributed by atoms with E-state index < -0.39 is 12.1 Å². The molecule has 0 saturated carbocycles. The van der Waals surface area contributed by atoms with Crippen molar-refractivity contribution in [3.05, 3.63) is 0 Å². The van der Waals surface area contributed by atoms with E-state index in [1.807, 2.05) is 0 Å². The lowest BCUT2D eigenvalue weighted by atomic mass is 10.1. The summed E-state index contributed by atoms with van der Waals surface area (Å²) >= 11 is 0. The van der Waals surface area contributed by atoms with E-state index in [2.05, 4.69) is 10.5 Å². The molecule has 0 aromatic rings. The second-order valence-electron chi connectivity index (χ2n) is 4.24. The Morgan fingerprint density at radius 1 is 1.40 bits per heavy atom. The Labute approximate surface area is 117 Å².